The van der Waals surface area contributed by atoms with Crippen LogP contribution in [0.5, 0.6) is 0 Å². The van der Waals surface area contributed by atoms with Crippen LogP contribution in [0.15, 0.2) is 30.6 Å². The van der Waals surface area contributed by atoms with E-state index in [2.05, 4.69) is 10.4 Å². The number of amides is 1. The molecule has 2 rings (SSSR count). The van der Waals surface area contributed by atoms with Gasteiger partial charge in [0.05, 0.1) is 21.9 Å². The van der Waals surface area contributed by atoms with Gasteiger partial charge in [-0.1, -0.05) is 23.2 Å². The van der Waals surface area contributed by atoms with E-state index in [9.17, 15) is 4.79 Å². The zero-order chi connectivity index (χ0) is 14.0. The van der Waals surface area contributed by atoms with Crippen molar-refractivity contribution in [1.29, 1.82) is 0 Å². The maximum Gasteiger partial charge on any atom is 0.248 e. The van der Waals surface area contributed by atoms with E-state index in [-0.39, 0.29) is 5.91 Å². The molecule has 0 saturated carbocycles. The third-order valence-electron chi connectivity index (χ3n) is 2.60. The normalized spacial score (nSPS) is 12.2. The summed E-state index contributed by atoms with van der Waals surface area (Å²) in [6.07, 6.45) is 3.05. The molecule has 1 aromatic carbocycles. The van der Waals surface area contributed by atoms with Gasteiger partial charge in [-0.15, -0.1) is 0 Å². The Bertz CT molecular complexity index is 612. The Morgan fingerprint density at radius 1 is 1.47 bits per heavy atom. The van der Waals surface area contributed by atoms with Crippen LogP contribution in [-0.4, -0.2) is 15.7 Å². The van der Waals surface area contributed by atoms with E-state index in [1.54, 1.807) is 31.3 Å². The van der Waals surface area contributed by atoms with E-state index in [4.69, 9.17) is 28.9 Å². The molecule has 0 aliphatic carbocycles. The van der Waals surface area contributed by atoms with Crippen LogP contribution in [-0.2, 0) is 4.79 Å². The molecule has 0 aliphatic heterocycles. The van der Waals surface area contributed by atoms with Gasteiger partial charge >= 0.3 is 0 Å². The Hall–Kier alpha value is -1.72. The van der Waals surface area contributed by atoms with Crippen molar-refractivity contribution < 1.29 is 4.79 Å². The summed E-state index contributed by atoms with van der Waals surface area (Å²) in [7, 11) is 0. The van der Waals surface area contributed by atoms with Crippen LogP contribution in [0.4, 0.5) is 11.4 Å². The lowest BCUT2D eigenvalue weighted by Gasteiger charge is -2.13. The number of carbonyl (C=O) groups excluding carboxylic acids is 1. The zero-order valence-corrected chi connectivity index (χ0v) is 11.6. The summed E-state index contributed by atoms with van der Waals surface area (Å²) in [4.78, 5) is 12.1. The average Bonchev–Trinajstić information content (AvgIpc) is 2.78. The standard InChI is InChI=1S/C12H12Cl2N4O/c1-7(18-6-8(13)5-16-18)12(19)17-11-3-2-9(15)4-10(11)14/h2-7H,15H2,1H3,(H,17,19). The molecule has 3 N–H and O–H groups in total. The predicted molar refractivity (Wildman–Crippen MR) is 76.4 cm³/mol. The van der Waals surface area contributed by atoms with Gasteiger partial charge in [-0.05, 0) is 25.1 Å². The highest BCUT2D eigenvalue weighted by Crippen LogP contribution is 2.25. The number of anilines is 2. The molecule has 0 saturated heterocycles. The lowest BCUT2D eigenvalue weighted by Crippen LogP contribution is -2.24. The Labute approximate surface area is 120 Å². The van der Waals surface area contributed by atoms with E-state index in [0.29, 0.717) is 21.4 Å². The van der Waals surface area contributed by atoms with Crippen LogP contribution in [0, 0.1) is 0 Å². The summed E-state index contributed by atoms with van der Waals surface area (Å²) in [5.74, 6) is -0.244. The molecule has 1 atom stereocenters. The molecular weight excluding hydrogens is 287 g/mol. The maximum absolute atomic E-state index is 12.1. The van der Waals surface area contributed by atoms with Crippen LogP contribution in [0.1, 0.15) is 13.0 Å². The summed E-state index contributed by atoms with van der Waals surface area (Å²) in [6.45, 7) is 1.71. The minimum absolute atomic E-state index is 0.244. The van der Waals surface area contributed by atoms with Crippen molar-refractivity contribution in [2.24, 2.45) is 0 Å². The molecule has 7 heteroatoms. The Morgan fingerprint density at radius 3 is 2.79 bits per heavy atom. The molecule has 2 aromatic rings. The number of aromatic nitrogens is 2. The summed E-state index contributed by atoms with van der Waals surface area (Å²) < 4.78 is 1.48. The van der Waals surface area contributed by atoms with Crippen molar-refractivity contribution in [3.8, 4) is 0 Å². The Kier molecular flexibility index (Phi) is 3.97. The highest BCUT2D eigenvalue weighted by Gasteiger charge is 2.17. The minimum atomic E-state index is -0.499. The monoisotopic (exact) mass is 298 g/mol. The summed E-state index contributed by atoms with van der Waals surface area (Å²) >= 11 is 11.8. The van der Waals surface area contributed by atoms with Crippen molar-refractivity contribution in [3.63, 3.8) is 0 Å². The lowest BCUT2D eigenvalue weighted by molar-refractivity contribution is -0.119. The van der Waals surface area contributed by atoms with Crippen molar-refractivity contribution in [2.45, 2.75) is 13.0 Å². The summed E-state index contributed by atoms with van der Waals surface area (Å²) in [5.41, 5.74) is 6.63. The highest BCUT2D eigenvalue weighted by molar-refractivity contribution is 6.34. The van der Waals surface area contributed by atoms with Gasteiger partial charge in [0.15, 0.2) is 0 Å². The molecule has 0 fully saturated rings. The molecule has 1 amide bonds. The van der Waals surface area contributed by atoms with E-state index in [1.807, 2.05) is 0 Å². The number of hydrogen-bond donors (Lipinski definition) is 2. The van der Waals surface area contributed by atoms with Crippen LogP contribution >= 0.6 is 23.2 Å². The third kappa shape index (κ3) is 3.19. The second kappa shape index (κ2) is 5.50. The smallest absolute Gasteiger partial charge is 0.248 e. The largest absolute Gasteiger partial charge is 0.399 e. The number of nitrogen functional groups attached to an aromatic ring is 1. The molecule has 0 aliphatic rings. The first-order valence-electron chi connectivity index (χ1n) is 5.53. The van der Waals surface area contributed by atoms with Gasteiger partial charge in [-0.3, -0.25) is 9.48 Å². The lowest BCUT2D eigenvalue weighted by atomic mass is 10.2. The van der Waals surface area contributed by atoms with E-state index >= 15 is 0 Å². The highest BCUT2D eigenvalue weighted by atomic mass is 35.5. The fourth-order valence-electron chi connectivity index (χ4n) is 1.52. The van der Waals surface area contributed by atoms with Crippen LogP contribution in [0.2, 0.25) is 10.0 Å². The topological polar surface area (TPSA) is 72.9 Å². The molecule has 0 radical (unpaired) electrons. The average molecular weight is 299 g/mol. The quantitative estimate of drug-likeness (QED) is 0.856. The van der Waals surface area contributed by atoms with Crippen molar-refractivity contribution in [3.05, 3.63) is 40.6 Å². The van der Waals surface area contributed by atoms with Gasteiger partial charge in [0.1, 0.15) is 6.04 Å². The first kappa shape index (κ1) is 13.7. The molecule has 0 spiro atoms. The number of nitrogens with zero attached hydrogens (tertiary/aromatic N) is 2. The second-order valence-corrected chi connectivity index (χ2v) is 4.89. The number of benzene rings is 1. The first-order chi connectivity index (χ1) is 8.97. The Balaban J connectivity index is 2.12. The number of halogens is 2. The molecule has 5 nitrogen and oxygen atoms in total. The van der Waals surface area contributed by atoms with E-state index in [0.717, 1.165) is 0 Å². The molecule has 1 unspecified atom stereocenters. The molecular formula is C12H12Cl2N4O. The maximum atomic E-state index is 12.1. The predicted octanol–water partition coefficient (Wildman–Crippen LogP) is 2.97. The van der Waals surface area contributed by atoms with Crippen LogP contribution < -0.4 is 11.1 Å². The van der Waals surface area contributed by atoms with E-state index in [1.165, 1.54) is 10.9 Å². The fraction of sp³-hybridized carbons (Fsp3) is 0.167. The van der Waals surface area contributed by atoms with Crippen molar-refractivity contribution in [1.82, 2.24) is 9.78 Å². The second-order valence-electron chi connectivity index (χ2n) is 4.04. The van der Waals surface area contributed by atoms with E-state index < -0.39 is 6.04 Å². The molecule has 0 bridgehead atoms. The van der Waals surface area contributed by atoms with Gasteiger partial charge < -0.3 is 11.1 Å². The van der Waals surface area contributed by atoms with Gasteiger partial charge in [0, 0.05) is 11.9 Å². The number of rotatable bonds is 3. The SMILES string of the molecule is CC(C(=O)Nc1ccc(N)cc1Cl)n1cc(Cl)cn1. The van der Waals surface area contributed by atoms with Crippen LogP contribution in [0.25, 0.3) is 0 Å². The van der Waals surface area contributed by atoms with Gasteiger partial charge in [-0.25, -0.2) is 0 Å². The molecule has 19 heavy (non-hydrogen) atoms. The number of hydrogen-bond acceptors (Lipinski definition) is 3. The molecule has 1 aromatic heterocycles. The number of carbonyl (C=O) groups is 1. The van der Waals surface area contributed by atoms with Gasteiger partial charge in [0.2, 0.25) is 5.91 Å². The zero-order valence-electron chi connectivity index (χ0n) is 10.1. The van der Waals surface area contributed by atoms with Crippen LogP contribution in [0.3, 0.4) is 0 Å². The van der Waals surface area contributed by atoms with Gasteiger partial charge in [0.25, 0.3) is 0 Å². The van der Waals surface area contributed by atoms with Crippen molar-refractivity contribution in [2.75, 3.05) is 11.1 Å². The Morgan fingerprint density at radius 2 is 2.21 bits per heavy atom. The minimum Gasteiger partial charge on any atom is -0.399 e. The number of nitrogens with two attached hydrogens (primary N) is 1. The third-order valence-corrected chi connectivity index (χ3v) is 3.11. The summed E-state index contributed by atoms with van der Waals surface area (Å²) in [6, 6.07) is 4.39. The first-order valence-corrected chi connectivity index (χ1v) is 6.28. The molecule has 1 heterocycles. The van der Waals surface area contributed by atoms with Crippen molar-refractivity contribution >= 4 is 40.5 Å². The fourth-order valence-corrected chi connectivity index (χ4v) is 1.90. The summed E-state index contributed by atoms with van der Waals surface area (Å²) in [5, 5.41) is 7.57. The molecule has 100 valence electrons. The number of nitrogens with one attached hydrogen (secondary N) is 1. The van der Waals surface area contributed by atoms with Gasteiger partial charge in [-0.2, -0.15) is 5.10 Å².